The summed E-state index contributed by atoms with van der Waals surface area (Å²) >= 11 is 0. The van der Waals surface area contributed by atoms with Crippen LogP contribution in [0.4, 0.5) is 0 Å². The molecule has 9 heavy (non-hydrogen) atoms. The van der Waals surface area contributed by atoms with Crippen LogP contribution in [-0.2, 0) is 4.74 Å². The zero-order chi connectivity index (χ0) is 6.69. The van der Waals surface area contributed by atoms with Crippen LogP contribution >= 0.6 is 0 Å². The van der Waals surface area contributed by atoms with Crippen molar-refractivity contribution in [1.82, 2.24) is 0 Å². The van der Waals surface area contributed by atoms with Crippen LogP contribution in [-0.4, -0.2) is 18.5 Å². The van der Waals surface area contributed by atoms with Crippen molar-refractivity contribution in [3.05, 3.63) is 0 Å². The summed E-state index contributed by atoms with van der Waals surface area (Å²) in [6.07, 6.45) is 0.484. The molecule has 0 aromatic rings. The summed E-state index contributed by atoms with van der Waals surface area (Å²) in [5, 5.41) is 8.20. The third kappa shape index (κ3) is 1.43. The van der Waals surface area contributed by atoms with Crippen LogP contribution in [0.25, 0.3) is 0 Å². The van der Waals surface area contributed by atoms with Crippen LogP contribution in [0.5, 0.6) is 0 Å². The summed E-state index contributed by atoms with van der Waals surface area (Å²) in [6, 6.07) is 1.97. The van der Waals surface area contributed by atoms with Gasteiger partial charge in [-0.3, -0.25) is 4.99 Å². The molecule has 0 fully saturated rings. The van der Waals surface area contributed by atoms with E-state index in [0.717, 1.165) is 0 Å². The molecule has 1 aliphatic rings. The zero-order valence-corrected chi connectivity index (χ0v) is 5.29. The number of nitrogens with zero attached hydrogens (tertiary/aromatic N) is 2. The first-order chi connectivity index (χ1) is 4.33. The van der Waals surface area contributed by atoms with Gasteiger partial charge < -0.3 is 4.74 Å². The third-order valence-electron chi connectivity index (χ3n) is 1.09. The van der Waals surface area contributed by atoms with Gasteiger partial charge >= 0.3 is 0 Å². The molecule has 1 heterocycles. The van der Waals surface area contributed by atoms with Crippen molar-refractivity contribution in [2.75, 3.05) is 6.54 Å². The monoisotopic (exact) mass is 124 g/mol. The van der Waals surface area contributed by atoms with E-state index in [4.69, 9.17) is 10.00 Å². The van der Waals surface area contributed by atoms with Crippen molar-refractivity contribution < 1.29 is 4.74 Å². The Kier molecular flexibility index (Phi) is 1.69. The predicted molar refractivity (Wildman–Crippen MR) is 33.1 cm³/mol. The summed E-state index contributed by atoms with van der Waals surface area (Å²) in [6.45, 7) is 2.64. The molecule has 0 aliphatic carbocycles. The molecule has 0 aromatic heterocycles. The molecule has 0 amide bonds. The first kappa shape index (κ1) is 6.09. The van der Waals surface area contributed by atoms with Gasteiger partial charge in [0.1, 0.15) is 12.5 Å². The van der Waals surface area contributed by atoms with E-state index in [-0.39, 0.29) is 6.10 Å². The van der Waals surface area contributed by atoms with Crippen molar-refractivity contribution in [3.8, 4) is 6.07 Å². The van der Waals surface area contributed by atoms with Gasteiger partial charge in [0, 0.05) is 0 Å². The SMILES string of the molecule is CC1CN=C(CC#N)O1. The summed E-state index contributed by atoms with van der Waals surface area (Å²) in [5.74, 6) is 0.588. The van der Waals surface area contributed by atoms with E-state index in [9.17, 15) is 0 Å². The molecule has 1 atom stereocenters. The van der Waals surface area contributed by atoms with Crippen molar-refractivity contribution >= 4 is 5.90 Å². The molecule has 0 radical (unpaired) electrons. The van der Waals surface area contributed by atoms with Crippen LogP contribution < -0.4 is 0 Å². The fourth-order valence-electron chi connectivity index (χ4n) is 0.702. The van der Waals surface area contributed by atoms with E-state index in [1.54, 1.807) is 0 Å². The highest BCUT2D eigenvalue weighted by molar-refractivity contribution is 5.79. The first-order valence-corrected chi connectivity index (χ1v) is 2.90. The Morgan fingerprint density at radius 2 is 2.78 bits per heavy atom. The molecule has 0 saturated heterocycles. The minimum Gasteiger partial charge on any atom is -0.475 e. The predicted octanol–water partition coefficient (Wildman–Crippen LogP) is 0.717. The number of nitriles is 1. The molecule has 1 unspecified atom stereocenters. The number of ether oxygens (including phenoxy) is 1. The fraction of sp³-hybridized carbons (Fsp3) is 0.667. The summed E-state index contributed by atoms with van der Waals surface area (Å²) < 4.78 is 5.13. The van der Waals surface area contributed by atoms with E-state index in [2.05, 4.69) is 4.99 Å². The van der Waals surface area contributed by atoms with E-state index in [0.29, 0.717) is 18.9 Å². The Bertz CT molecular complexity index is 168. The van der Waals surface area contributed by atoms with Crippen molar-refractivity contribution in [3.63, 3.8) is 0 Å². The lowest BCUT2D eigenvalue weighted by molar-refractivity contribution is 0.242. The largest absolute Gasteiger partial charge is 0.475 e. The molecule has 3 nitrogen and oxygen atoms in total. The first-order valence-electron chi connectivity index (χ1n) is 2.90. The number of hydrogen-bond acceptors (Lipinski definition) is 3. The molecule has 0 N–H and O–H groups in total. The molecule has 0 bridgehead atoms. The lowest BCUT2D eigenvalue weighted by atomic mass is 10.4. The quantitative estimate of drug-likeness (QED) is 0.517. The lowest BCUT2D eigenvalue weighted by Crippen LogP contribution is -2.06. The second kappa shape index (κ2) is 2.49. The number of rotatable bonds is 1. The minimum absolute atomic E-state index is 0.174. The van der Waals surface area contributed by atoms with E-state index in [1.807, 2.05) is 13.0 Å². The summed E-state index contributed by atoms with van der Waals surface area (Å²) in [4.78, 5) is 3.98. The standard InChI is InChI=1S/C6H8N2O/c1-5-4-8-6(9-5)2-3-7/h5H,2,4H2,1H3. The second-order valence-electron chi connectivity index (χ2n) is 2.00. The molecule has 0 aromatic carbocycles. The molecule has 0 saturated carbocycles. The molecule has 3 heteroatoms. The van der Waals surface area contributed by atoms with Crippen molar-refractivity contribution in [1.29, 1.82) is 5.26 Å². The summed E-state index contributed by atoms with van der Waals surface area (Å²) in [7, 11) is 0. The number of aliphatic imine (C=N–C) groups is 1. The molecule has 0 spiro atoms. The van der Waals surface area contributed by atoms with Gasteiger partial charge in [-0.2, -0.15) is 5.26 Å². The van der Waals surface area contributed by atoms with Gasteiger partial charge in [0.15, 0.2) is 5.90 Å². The van der Waals surface area contributed by atoms with E-state index < -0.39 is 0 Å². The average Bonchev–Trinajstić information content (AvgIpc) is 2.17. The zero-order valence-electron chi connectivity index (χ0n) is 5.29. The average molecular weight is 124 g/mol. The smallest absolute Gasteiger partial charge is 0.198 e. The van der Waals surface area contributed by atoms with Gasteiger partial charge in [-0.25, -0.2) is 0 Å². The molecule has 1 rings (SSSR count). The highest BCUT2D eigenvalue weighted by Crippen LogP contribution is 2.04. The molecular formula is C6H8N2O. The number of hydrogen-bond donors (Lipinski definition) is 0. The van der Waals surface area contributed by atoms with Crippen LogP contribution in [0.2, 0.25) is 0 Å². The maximum Gasteiger partial charge on any atom is 0.198 e. The summed E-state index contributed by atoms with van der Waals surface area (Å²) in [5.41, 5.74) is 0. The Morgan fingerprint density at radius 3 is 3.22 bits per heavy atom. The molecular weight excluding hydrogens is 116 g/mol. The molecule has 48 valence electrons. The molecule has 1 aliphatic heterocycles. The highest BCUT2D eigenvalue weighted by Gasteiger charge is 2.13. The fourth-order valence-corrected chi connectivity index (χ4v) is 0.702. The Balaban J connectivity index is 2.38. The second-order valence-corrected chi connectivity index (χ2v) is 2.00. The van der Waals surface area contributed by atoms with Gasteiger partial charge in [-0.1, -0.05) is 0 Å². The maximum absolute atomic E-state index is 8.20. The third-order valence-corrected chi connectivity index (χ3v) is 1.09. The van der Waals surface area contributed by atoms with E-state index >= 15 is 0 Å². The van der Waals surface area contributed by atoms with Crippen molar-refractivity contribution in [2.45, 2.75) is 19.4 Å². The lowest BCUT2D eigenvalue weighted by Gasteiger charge is -2.00. The van der Waals surface area contributed by atoms with Gasteiger partial charge in [-0.05, 0) is 6.92 Å². The van der Waals surface area contributed by atoms with E-state index in [1.165, 1.54) is 0 Å². The Hall–Kier alpha value is -1.04. The Morgan fingerprint density at radius 1 is 2.00 bits per heavy atom. The van der Waals surface area contributed by atoms with Crippen LogP contribution in [0.1, 0.15) is 13.3 Å². The highest BCUT2D eigenvalue weighted by atomic mass is 16.5. The van der Waals surface area contributed by atoms with Crippen LogP contribution in [0.15, 0.2) is 4.99 Å². The van der Waals surface area contributed by atoms with Crippen LogP contribution in [0.3, 0.4) is 0 Å². The van der Waals surface area contributed by atoms with Gasteiger partial charge in [0.05, 0.1) is 12.6 Å². The maximum atomic E-state index is 8.20. The van der Waals surface area contributed by atoms with Gasteiger partial charge in [-0.15, -0.1) is 0 Å². The van der Waals surface area contributed by atoms with Crippen molar-refractivity contribution in [2.24, 2.45) is 4.99 Å². The topological polar surface area (TPSA) is 45.4 Å². The van der Waals surface area contributed by atoms with Gasteiger partial charge in [0.2, 0.25) is 0 Å². The van der Waals surface area contributed by atoms with Crippen LogP contribution in [0, 0.1) is 11.3 Å². The normalized spacial score (nSPS) is 24.4. The Labute approximate surface area is 54.0 Å². The minimum atomic E-state index is 0.174. The van der Waals surface area contributed by atoms with Gasteiger partial charge in [0.25, 0.3) is 0 Å².